The Labute approximate surface area is 416 Å². The van der Waals surface area contributed by atoms with E-state index in [1.54, 1.807) is 7.05 Å². The van der Waals surface area contributed by atoms with E-state index in [-0.39, 0.29) is 53.2 Å². The lowest BCUT2D eigenvalue weighted by Gasteiger charge is -2.41. The second kappa shape index (κ2) is 26.0. The zero-order valence-corrected chi connectivity index (χ0v) is 40.9. The van der Waals surface area contributed by atoms with Gasteiger partial charge in [-0.2, -0.15) is 0 Å². The molecular weight excluding hydrogens is 947 g/mol. The predicted molar refractivity (Wildman–Crippen MR) is 255 cm³/mol. The molecular formula is C47H71N9O16. The molecule has 2 aromatic carbocycles. The molecule has 400 valence electrons. The van der Waals surface area contributed by atoms with Crippen molar-refractivity contribution in [3.8, 4) is 22.6 Å². The van der Waals surface area contributed by atoms with E-state index in [1.165, 1.54) is 64.2 Å². The molecule has 5 amide bonds. The number of carbonyl (C=O) groups excluding carboxylic acids is 6. The highest BCUT2D eigenvalue weighted by Gasteiger charge is 2.46. The monoisotopic (exact) mass is 1020 g/mol. The molecule has 2 fully saturated rings. The van der Waals surface area contributed by atoms with E-state index in [0.29, 0.717) is 31.5 Å². The second-order valence-electron chi connectivity index (χ2n) is 18.3. The van der Waals surface area contributed by atoms with Crippen LogP contribution in [0.4, 0.5) is 0 Å². The Morgan fingerprint density at radius 3 is 1.94 bits per heavy atom. The molecule has 25 heteroatoms. The number of aliphatic hydroxyl groups is 6. The number of nitrogens with two attached hydrogens (primary N) is 3. The Hall–Kier alpha value is -5.42. The lowest BCUT2D eigenvalue weighted by Crippen LogP contribution is -2.63. The number of unbranched alkanes of at least 4 members (excludes halogenated alkanes) is 1. The molecule has 5 rings (SSSR count). The van der Waals surface area contributed by atoms with Gasteiger partial charge >= 0.3 is 0 Å². The number of nitrogens with one attached hydrogen (secondary N) is 5. The van der Waals surface area contributed by atoms with E-state index >= 15 is 0 Å². The van der Waals surface area contributed by atoms with Gasteiger partial charge in [0, 0.05) is 37.6 Å². The third-order valence-electron chi connectivity index (χ3n) is 13.0. The molecule has 0 saturated carbocycles. The molecule has 3 aliphatic rings. The highest BCUT2D eigenvalue weighted by atomic mass is 16.7. The smallest absolute Gasteiger partial charge is 0.248 e. The number of carbonyl (C=O) groups is 6. The van der Waals surface area contributed by atoms with Crippen LogP contribution in [-0.2, 0) is 44.7 Å². The summed E-state index contributed by atoms with van der Waals surface area (Å²) in [7, 11) is 3.00. The van der Waals surface area contributed by atoms with Gasteiger partial charge in [0.15, 0.2) is 5.78 Å². The van der Waals surface area contributed by atoms with Gasteiger partial charge in [0.25, 0.3) is 0 Å². The van der Waals surface area contributed by atoms with Gasteiger partial charge in [0.2, 0.25) is 42.1 Å². The van der Waals surface area contributed by atoms with Crippen LogP contribution in [0.25, 0.3) is 11.1 Å². The maximum Gasteiger partial charge on any atom is 0.248 e. The molecule has 4 bridgehead atoms. The summed E-state index contributed by atoms with van der Waals surface area (Å²) in [5.74, 6) is -4.18. The zero-order valence-electron chi connectivity index (χ0n) is 40.9. The molecule has 0 aromatic heterocycles. The van der Waals surface area contributed by atoms with Crippen molar-refractivity contribution in [2.45, 2.75) is 144 Å². The Kier molecular flexibility index (Phi) is 20.8. The van der Waals surface area contributed by atoms with Gasteiger partial charge in [0.1, 0.15) is 72.3 Å². The van der Waals surface area contributed by atoms with E-state index in [4.69, 9.17) is 36.1 Å². The first-order valence-electron chi connectivity index (χ1n) is 23.8. The van der Waals surface area contributed by atoms with Crippen LogP contribution in [-0.4, -0.2) is 197 Å². The number of aliphatic hydroxyl groups excluding tert-OH is 6. The molecule has 3 aliphatic heterocycles. The van der Waals surface area contributed by atoms with Crippen LogP contribution >= 0.6 is 0 Å². The molecule has 15 atom stereocenters. The molecule has 72 heavy (non-hydrogen) atoms. The van der Waals surface area contributed by atoms with Gasteiger partial charge in [-0.15, -0.1) is 0 Å². The summed E-state index contributed by atoms with van der Waals surface area (Å²) in [6.07, 6.45) is -11.5. The maximum absolute atomic E-state index is 14.8. The van der Waals surface area contributed by atoms with Crippen molar-refractivity contribution in [2.24, 2.45) is 17.2 Å². The number of nitrogens with zero attached hydrogens (tertiary/aromatic N) is 1. The topological polar surface area (TPSA) is 402 Å². The third-order valence-corrected chi connectivity index (χ3v) is 13.0. The van der Waals surface area contributed by atoms with Gasteiger partial charge in [0.05, 0.1) is 31.3 Å². The van der Waals surface area contributed by atoms with Gasteiger partial charge in [-0.1, -0.05) is 12.1 Å². The van der Waals surface area contributed by atoms with Crippen LogP contribution in [0.3, 0.4) is 0 Å². The van der Waals surface area contributed by atoms with Crippen LogP contribution in [0.15, 0.2) is 36.4 Å². The Morgan fingerprint density at radius 1 is 0.833 bits per heavy atom. The average molecular weight is 1020 g/mol. The number of hydrogen-bond donors (Lipinski definition) is 14. The molecule has 17 N–H and O–H groups in total. The van der Waals surface area contributed by atoms with Crippen molar-refractivity contribution < 1.29 is 78.4 Å². The van der Waals surface area contributed by atoms with Crippen molar-refractivity contribution in [2.75, 3.05) is 40.4 Å². The summed E-state index contributed by atoms with van der Waals surface area (Å²) in [5.41, 5.74) is 19.0. The van der Waals surface area contributed by atoms with Crippen molar-refractivity contribution in [3.05, 3.63) is 47.5 Å². The highest BCUT2D eigenvalue weighted by molar-refractivity contribution is 5.97. The SMILES string of the molecule is CNCCC(=O)N[C@@H](CCCCN)C(=O)N(C)[C@@H]1C(=O)N[C@@H](C)C(=O)N[C@H](C(=O)N[C@@H](C)C(C)=O)Cc2ccc(OC3O[C@H](CO)[C@@H](O)[C@H](O)[C@H]3N)c(c2)-c2cc1ccc2OC1O[C@H](CO)[C@@H](O)[C@H](O)[C@H]1N. The van der Waals surface area contributed by atoms with Crippen LogP contribution in [0, 0.1) is 0 Å². The normalized spacial score (nSPS) is 29.6. The number of fused-ring (bicyclic) bond motifs is 5. The average Bonchev–Trinajstić information content (AvgIpc) is 3.35. The summed E-state index contributed by atoms with van der Waals surface area (Å²) in [6.45, 7) is 3.21. The summed E-state index contributed by atoms with van der Waals surface area (Å²) < 4.78 is 24.4. The number of Topliss-reactive ketones (excluding diaryl/α,β-unsaturated/α-hetero) is 1. The number of ether oxygens (including phenoxy) is 4. The lowest BCUT2D eigenvalue weighted by molar-refractivity contribution is -0.239. The second-order valence-corrected chi connectivity index (χ2v) is 18.3. The minimum Gasteiger partial charge on any atom is -0.462 e. The predicted octanol–water partition coefficient (Wildman–Crippen LogP) is -4.99. The molecule has 0 aliphatic carbocycles. The Balaban J connectivity index is 1.78. The standard InChI is InChI=1S/C47H71N9O16/c1-21(23(3)59)52-43(66)29-17-24-9-11-30(69-46-35(49)40(63)38(61)32(19-57)71-46)26(16-24)27-18-25(10-12-31(27)70-47-36(50)41(64)39(62)33(20-58)72-47)37(44(67)53-22(2)42(65)55-29)56(5)45(68)28(8-6-7-14-48)54-34(60)13-15-51-4/h9-12,16,18,21-22,28-29,32-33,35-41,46-47,51,57-58,61-64H,6-8,13-15,17,19-20,48-50H2,1-5H3,(H,52,66)(H,53,67)(H,54,60)(H,55,65)/t21-,22-,28-,29-,32+,33+,35+,36+,37-,38+,39+,40+,41+,46?,47?/m0/s1. The van der Waals surface area contributed by atoms with E-state index < -0.39 is 134 Å². The van der Waals surface area contributed by atoms with E-state index in [1.807, 2.05) is 0 Å². The summed E-state index contributed by atoms with van der Waals surface area (Å²) in [5, 5.41) is 76.6. The molecule has 0 spiro atoms. The lowest BCUT2D eigenvalue weighted by atomic mass is 9.93. The van der Waals surface area contributed by atoms with Gasteiger partial charge in [-0.05, 0) is 89.0 Å². The quantitative estimate of drug-likeness (QED) is 0.0586. The first-order chi connectivity index (χ1) is 34.1. The minimum absolute atomic E-state index is 0.0266. The van der Waals surface area contributed by atoms with E-state index in [0.717, 1.165) is 4.90 Å². The fraction of sp³-hybridized carbons (Fsp3) is 0.617. The largest absolute Gasteiger partial charge is 0.462 e. The summed E-state index contributed by atoms with van der Waals surface area (Å²) in [6, 6.07) is -0.554. The zero-order chi connectivity index (χ0) is 53.1. The van der Waals surface area contributed by atoms with Crippen LogP contribution in [0.1, 0.15) is 63.6 Å². The number of hydrogen-bond acceptors (Lipinski definition) is 20. The van der Waals surface area contributed by atoms with Gasteiger partial charge in [-0.3, -0.25) is 28.8 Å². The highest BCUT2D eigenvalue weighted by Crippen LogP contribution is 2.42. The third kappa shape index (κ3) is 13.8. The van der Waals surface area contributed by atoms with Crippen LogP contribution in [0.2, 0.25) is 0 Å². The van der Waals surface area contributed by atoms with Crippen molar-refractivity contribution in [1.29, 1.82) is 0 Å². The van der Waals surface area contributed by atoms with E-state index in [2.05, 4.69) is 26.6 Å². The first-order valence-corrected chi connectivity index (χ1v) is 23.8. The van der Waals surface area contributed by atoms with Gasteiger partial charge < -0.3 is 98.3 Å². The van der Waals surface area contributed by atoms with E-state index in [9.17, 15) is 59.4 Å². The van der Waals surface area contributed by atoms with Crippen molar-refractivity contribution in [1.82, 2.24) is 31.5 Å². The molecule has 3 heterocycles. The number of ketones is 1. The minimum atomic E-state index is -1.65. The van der Waals surface area contributed by atoms with Crippen molar-refractivity contribution in [3.63, 3.8) is 0 Å². The number of rotatable bonds is 19. The number of likely N-dealkylation sites (N-methyl/N-ethyl adjacent to an activating group) is 1. The summed E-state index contributed by atoms with van der Waals surface area (Å²) in [4.78, 5) is 83.9. The fourth-order valence-corrected chi connectivity index (χ4v) is 8.41. The Morgan fingerprint density at radius 2 is 1.40 bits per heavy atom. The molecule has 0 radical (unpaired) electrons. The Bertz CT molecular complexity index is 2220. The van der Waals surface area contributed by atoms with Crippen LogP contribution < -0.4 is 53.3 Å². The molecule has 2 unspecified atom stereocenters. The molecule has 2 aromatic rings. The maximum atomic E-state index is 14.8. The number of amides is 5. The number of benzene rings is 2. The van der Waals surface area contributed by atoms with Crippen molar-refractivity contribution >= 4 is 35.3 Å². The fourth-order valence-electron chi connectivity index (χ4n) is 8.41. The molecule has 2 saturated heterocycles. The van der Waals surface area contributed by atoms with Gasteiger partial charge in [-0.25, -0.2) is 0 Å². The molecule has 25 nitrogen and oxygen atoms in total. The first kappa shape index (κ1) is 57.5. The van der Waals surface area contributed by atoms with Crippen LogP contribution in [0.5, 0.6) is 11.5 Å². The summed E-state index contributed by atoms with van der Waals surface area (Å²) >= 11 is 0.